The summed E-state index contributed by atoms with van der Waals surface area (Å²) >= 11 is 9.38. The predicted octanol–water partition coefficient (Wildman–Crippen LogP) is 4.25. The first-order valence-corrected chi connectivity index (χ1v) is 6.77. The molecule has 0 atom stereocenters. The molecule has 5 heteroatoms. The minimum Gasteiger partial charge on any atom is -0.397 e. The van der Waals surface area contributed by atoms with Gasteiger partial charge in [0.15, 0.2) is 0 Å². The van der Waals surface area contributed by atoms with Crippen LogP contribution in [0.15, 0.2) is 40.9 Å². The maximum Gasteiger partial charge on any atom is 0.255 e. The van der Waals surface area contributed by atoms with Gasteiger partial charge in [0.05, 0.1) is 16.4 Å². The predicted molar refractivity (Wildman–Crippen MR) is 82.7 cm³/mol. The summed E-state index contributed by atoms with van der Waals surface area (Å²) in [5, 5.41) is 3.15. The van der Waals surface area contributed by atoms with E-state index < -0.39 is 0 Å². The lowest BCUT2D eigenvalue weighted by Gasteiger charge is -2.10. The van der Waals surface area contributed by atoms with E-state index in [9.17, 15) is 4.79 Å². The first-order valence-electron chi connectivity index (χ1n) is 5.60. The van der Waals surface area contributed by atoms with Crippen molar-refractivity contribution in [3.8, 4) is 0 Å². The number of halogens is 2. The van der Waals surface area contributed by atoms with Crippen LogP contribution in [0.3, 0.4) is 0 Å². The average Bonchev–Trinajstić information content (AvgIpc) is 2.32. The summed E-state index contributed by atoms with van der Waals surface area (Å²) in [6.45, 7) is 1.92. The molecule has 0 saturated carbocycles. The Balaban J connectivity index is 2.31. The second kappa shape index (κ2) is 5.63. The SMILES string of the molecule is Cc1cc(Br)cc(C(=O)Nc2c(N)cccc2Cl)c1. The summed E-state index contributed by atoms with van der Waals surface area (Å²) in [7, 11) is 0. The zero-order valence-corrected chi connectivity index (χ0v) is 12.5. The van der Waals surface area contributed by atoms with Crippen molar-refractivity contribution < 1.29 is 4.79 Å². The molecule has 0 unspecified atom stereocenters. The first kappa shape index (κ1) is 13.9. The number of hydrogen-bond donors (Lipinski definition) is 2. The fraction of sp³-hybridized carbons (Fsp3) is 0.0714. The van der Waals surface area contributed by atoms with Gasteiger partial charge in [0.1, 0.15) is 0 Å². The van der Waals surface area contributed by atoms with Crippen LogP contribution in [0.1, 0.15) is 15.9 Å². The lowest BCUT2D eigenvalue weighted by molar-refractivity contribution is 0.102. The van der Waals surface area contributed by atoms with Gasteiger partial charge in [0.2, 0.25) is 0 Å². The Morgan fingerprint density at radius 3 is 2.68 bits per heavy atom. The molecule has 0 fully saturated rings. The van der Waals surface area contributed by atoms with Gasteiger partial charge < -0.3 is 11.1 Å². The van der Waals surface area contributed by atoms with Crippen molar-refractivity contribution in [2.75, 3.05) is 11.1 Å². The van der Waals surface area contributed by atoms with Crippen molar-refractivity contribution in [3.05, 3.63) is 57.0 Å². The molecule has 2 aromatic rings. The lowest BCUT2D eigenvalue weighted by atomic mass is 10.1. The number of amides is 1. The van der Waals surface area contributed by atoms with Crippen LogP contribution in [0.5, 0.6) is 0 Å². The number of carbonyl (C=O) groups excluding carboxylic acids is 1. The van der Waals surface area contributed by atoms with Crippen LogP contribution in [-0.2, 0) is 0 Å². The number of nitrogens with two attached hydrogens (primary N) is 1. The van der Waals surface area contributed by atoms with Crippen LogP contribution in [-0.4, -0.2) is 5.91 Å². The standard InChI is InChI=1S/C14H12BrClN2O/c1-8-5-9(7-10(15)6-8)14(19)18-13-11(16)3-2-4-12(13)17/h2-7H,17H2,1H3,(H,18,19). The van der Waals surface area contributed by atoms with E-state index in [0.29, 0.717) is 22.0 Å². The van der Waals surface area contributed by atoms with Crippen molar-refractivity contribution in [3.63, 3.8) is 0 Å². The quantitative estimate of drug-likeness (QED) is 0.804. The third-order valence-electron chi connectivity index (χ3n) is 2.59. The topological polar surface area (TPSA) is 55.1 Å². The molecule has 0 saturated heterocycles. The summed E-state index contributed by atoms with van der Waals surface area (Å²) < 4.78 is 0.852. The third kappa shape index (κ3) is 3.28. The first-order chi connectivity index (χ1) is 8.97. The van der Waals surface area contributed by atoms with E-state index in [1.807, 2.05) is 13.0 Å². The Hall–Kier alpha value is -1.52. The summed E-state index contributed by atoms with van der Waals surface area (Å²) in [5.41, 5.74) is 8.21. The van der Waals surface area contributed by atoms with Crippen LogP contribution in [0, 0.1) is 6.92 Å². The van der Waals surface area contributed by atoms with Crippen molar-refractivity contribution in [1.82, 2.24) is 0 Å². The number of aryl methyl sites for hydroxylation is 1. The van der Waals surface area contributed by atoms with E-state index in [2.05, 4.69) is 21.2 Å². The Kier molecular flexibility index (Phi) is 4.12. The minimum atomic E-state index is -0.246. The van der Waals surface area contributed by atoms with Crippen molar-refractivity contribution in [1.29, 1.82) is 0 Å². The van der Waals surface area contributed by atoms with Crippen molar-refractivity contribution in [2.24, 2.45) is 0 Å². The molecular formula is C14H12BrClN2O. The number of hydrogen-bond acceptors (Lipinski definition) is 2. The Bertz CT molecular complexity index is 603. The minimum absolute atomic E-state index is 0.246. The van der Waals surface area contributed by atoms with E-state index in [-0.39, 0.29) is 5.91 Å². The molecule has 0 radical (unpaired) electrons. The van der Waals surface area contributed by atoms with Crippen molar-refractivity contribution >= 4 is 44.8 Å². The molecule has 0 heterocycles. The Morgan fingerprint density at radius 1 is 1.32 bits per heavy atom. The van der Waals surface area contributed by atoms with Crippen LogP contribution in [0.4, 0.5) is 11.4 Å². The van der Waals surface area contributed by atoms with Gasteiger partial charge in [-0.1, -0.05) is 33.6 Å². The van der Waals surface area contributed by atoms with E-state index in [0.717, 1.165) is 10.0 Å². The smallest absolute Gasteiger partial charge is 0.255 e. The van der Waals surface area contributed by atoms with Gasteiger partial charge >= 0.3 is 0 Å². The van der Waals surface area contributed by atoms with Crippen LogP contribution in [0.2, 0.25) is 5.02 Å². The fourth-order valence-corrected chi connectivity index (χ4v) is 2.56. The molecular weight excluding hydrogens is 328 g/mol. The molecule has 0 aliphatic rings. The van der Waals surface area contributed by atoms with Crippen molar-refractivity contribution in [2.45, 2.75) is 6.92 Å². The van der Waals surface area contributed by atoms with Crippen LogP contribution < -0.4 is 11.1 Å². The Labute approximate surface area is 124 Å². The van der Waals surface area contributed by atoms with E-state index in [1.54, 1.807) is 30.3 Å². The average molecular weight is 340 g/mol. The molecule has 0 aromatic heterocycles. The summed E-state index contributed by atoms with van der Waals surface area (Å²) in [6.07, 6.45) is 0. The van der Waals surface area contributed by atoms with Gasteiger partial charge in [0, 0.05) is 10.0 Å². The fourth-order valence-electron chi connectivity index (χ4n) is 1.73. The monoisotopic (exact) mass is 338 g/mol. The second-order valence-electron chi connectivity index (χ2n) is 4.18. The molecule has 19 heavy (non-hydrogen) atoms. The highest BCUT2D eigenvalue weighted by Crippen LogP contribution is 2.28. The summed E-state index contributed by atoms with van der Waals surface area (Å²) in [4.78, 5) is 12.2. The molecule has 0 bridgehead atoms. The normalized spacial score (nSPS) is 10.3. The largest absolute Gasteiger partial charge is 0.397 e. The van der Waals surface area contributed by atoms with E-state index in [4.69, 9.17) is 17.3 Å². The number of nitrogens with one attached hydrogen (secondary N) is 1. The Morgan fingerprint density at radius 2 is 2.05 bits per heavy atom. The van der Waals surface area contributed by atoms with Gasteiger partial charge in [-0.3, -0.25) is 4.79 Å². The van der Waals surface area contributed by atoms with Gasteiger partial charge in [-0.05, 0) is 42.8 Å². The molecule has 98 valence electrons. The van der Waals surface area contributed by atoms with E-state index >= 15 is 0 Å². The van der Waals surface area contributed by atoms with Gasteiger partial charge in [-0.2, -0.15) is 0 Å². The molecule has 2 rings (SSSR count). The maximum atomic E-state index is 12.2. The number of anilines is 2. The number of benzene rings is 2. The molecule has 0 aliphatic heterocycles. The summed E-state index contributed by atoms with van der Waals surface area (Å²) in [5.74, 6) is -0.246. The molecule has 3 nitrogen and oxygen atoms in total. The molecule has 1 amide bonds. The zero-order chi connectivity index (χ0) is 14.0. The third-order valence-corrected chi connectivity index (χ3v) is 3.36. The summed E-state index contributed by atoms with van der Waals surface area (Å²) in [6, 6.07) is 10.6. The van der Waals surface area contributed by atoms with Gasteiger partial charge in [0.25, 0.3) is 5.91 Å². The molecule has 0 spiro atoms. The number of carbonyl (C=O) groups is 1. The second-order valence-corrected chi connectivity index (χ2v) is 5.50. The number of para-hydroxylation sites is 1. The molecule has 3 N–H and O–H groups in total. The van der Waals surface area contributed by atoms with Gasteiger partial charge in [-0.25, -0.2) is 0 Å². The van der Waals surface area contributed by atoms with Gasteiger partial charge in [-0.15, -0.1) is 0 Å². The lowest BCUT2D eigenvalue weighted by Crippen LogP contribution is -2.13. The number of nitrogen functional groups attached to an aromatic ring is 1. The highest BCUT2D eigenvalue weighted by molar-refractivity contribution is 9.10. The number of rotatable bonds is 2. The highest BCUT2D eigenvalue weighted by atomic mass is 79.9. The molecule has 0 aliphatic carbocycles. The van der Waals surface area contributed by atoms with Crippen LogP contribution >= 0.6 is 27.5 Å². The maximum absolute atomic E-state index is 12.2. The van der Waals surface area contributed by atoms with Crippen LogP contribution in [0.25, 0.3) is 0 Å². The van der Waals surface area contributed by atoms with E-state index in [1.165, 1.54) is 0 Å². The molecule has 2 aromatic carbocycles. The highest BCUT2D eigenvalue weighted by Gasteiger charge is 2.11. The zero-order valence-electron chi connectivity index (χ0n) is 10.2.